The molecule has 5 heteroatoms. The van der Waals surface area contributed by atoms with Gasteiger partial charge in [0.05, 0.1) is 0 Å². The molecule has 0 bridgehead atoms. The van der Waals surface area contributed by atoms with E-state index in [1.165, 1.54) is 11.1 Å². The fourth-order valence-corrected chi connectivity index (χ4v) is 2.48. The topological polar surface area (TPSA) is 64.6 Å². The highest BCUT2D eigenvalue weighted by molar-refractivity contribution is 5.92. The molecule has 0 fully saturated rings. The lowest BCUT2D eigenvalue weighted by atomic mass is 9.99. The van der Waals surface area contributed by atoms with Crippen LogP contribution in [0.3, 0.4) is 0 Å². The van der Waals surface area contributed by atoms with Gasteiger partial charge in [0.15, 0.2) is 13.2 Å². The van der Waals surface area contributed by atoms with E-state index in [-0.39, 0.29) is 19.1 Å². The van der Waals surface area contributed by atoms with E-state index in [0.29, 0.717) is 17.4 Å². The van der Waals surface area contributed by atoms with Crippen molar-refractivity contribution >= 4 is 17.6 Å². The van der Waals surface area contributed by atoms with Gasteiger partial charge in [0.1, 0.15) is 5.75 Å². The van der Waals surface area contributed by atoms with E-state index in [0.717, 1.165) is 12.8 Å². The van der Waals surface area contributed by atoms with Gasteiger partial charge in [0.2, 0.25) is 0 Å². The molecule has 0 radical (unpaired) electrons. The third-order valence-corrected chi connectivity index (χ3v) is 4.43. The van der Waals surface area contributed by atoms with Gasteiger partial charge in [-0.1, -0.05) is 45.0 Å². The molecule has 1 N–H and O–H groups in total. The van der Waals surface area contributed by atoms with Crippen LogP contribution in [0.1, 0.15) is 44.2 Å². The number of esters is 1. The monoisotopic (exact) mass is 369 g/mol. The molecule has 0 saturated heterocycles. The summed E-state index contributed by atoms with van der Waals surface area (Å²) in [6.07, 6.45) is 2.00. The minimum absolute atomic E-state index is 0.234. The minimum Gasteiger partial charge on any atom is -0.482 e. The van der Waals surface area contributed by atoms with Gasteiger partial charge in [-0.2, -0.15) is 0 Å². The Morgan fingerprint density at radius 1 is 0.963 bits per heavy atom. The summed E-state index contributed by atoms with van der Waals surface area (Å²) >= 11 is 0. The van der Waals surface area contributed by atoms with Crippen LogP contribution in [-0.4, -0.2) is 25.1 Å². The fraction of sp³-hybridized carbons (Fsp3) is 0.364. The summed E-state index contributed by atoms with van der Waals surface area (Å²) in [6, 6.07) is 15.2. The Balaban J connectivity index is 1.71. The number of carbonyl (C=O) groups is 2. The van der Waals surface area contributed by atoms with Crippen molar-refractivity contribution in [2.24, 2.45) is 0 Å². The molecule has 0 spiro atoms. The Morgan fingerprint density at radius 2 is 1.63 bits per heavy atom. The molecule has 5 nitrogen and oxygen atoms in total. The normalized spacial score (nSPS) is 11.5. The molecule has 27 heavy (non-hydrogen) atoms. The summed E-state index contributed by atoms with van der Waals surface area (Å²) in [4.78, 5) is 23.6. The third-order valence-electron chi connectivity index (χ3n) is 4.43. The highest BCUT2D eigenvalue weighted by atomic mass is 16.6. The summed E-state index contributed by atoms with van der Waals surface area (Å²) in [5, 5.41) is 2.71. The molecule has 2 aromatic rings. The zero-order valence-electron chi connectivity index (χ0n) is 16.2. The number of aryl methyl sites for hydroxylation is 1. The maximum absolute atomic E-state index is 11.9. The van der Waals surface area contributed by atoms with Crippen molar-refractivity contribution in [3.8, 4) is 5.75 Å². The lowest BCUT2D eigenvalue weighted by Crippen LogP contribution is -2.23. The van der Waals surface area contributed by atoms with Gasteiger partial charge >= 0.3 is 5.97 Å². The van der Waals surface area contributed by atoms with Crippen LogP contribution < -0.4 is 10.1 Å². The van der Waals surface area contributed by atoms with Crippen LogP contribution in [0.2, 0.25) is 0 Å². The first-order valence-corrected chi connectivity index (χ1v) is 9.29. The number of hydrogen-bond donors (Lipinski definition) is 1. The van der Waals surface area contributed by atoms with Crippen LogP contribution in [-0.2, 0) is 20.7 Å². The molecular formula is C22H27NO4. The first kappa shape index (κ1) is 20.5. The molecule has 2 rings (SSSR count). The average Bonchev–Trinajstić information content (AvgIpc) is 2.71. The van der Waals surface area contributed by atoms with E-state index >= 15 is 0 Å². The van der Waals surface area contributed by atoms with Crippen LogP contribution in [0, 0.1) is 0 Å². The predicted molar refractivity (Wildman–Crippen MR) is 106 cm³/mol. The molecule has 0 aliphatic rings. The van der Waals surface area contributed by atoms with Gasteiger partial charge in [-0.25, -0.2) is 4.79 Å². The maximum Gasteiger partial charge on any atom is 0.344 e. The van der Waals surface area contributed by atoms with Gasteiger partial charge in [-0.05, 0) is 54.2 Å². The number of ether oxygens (including phenoxy) is 2. The molecule has 0 aliphatic carbocycles. The van der Waals surface area contributed by atoms with Gasteiger partial charge in [-0.15, -0.1) is 0 Å². The van der Waals surface area contributed by atoms with Gasteiger partial charge in [0.25, 0.3) is 5.91 Å². The largest absolute Gasteiger partial charge is 0.482 e. The van der Waals surface area contributed by atoms with E-state index < -0.39 is 5.97 Å². The molecule has 2 aromatic carbocycles. The van der Waals surface area contributed by atoms with Crippen molar-refractivity contribution in [1.29, 1.82) is 0 Å². The number of anilines is 1. The Morgan fingerprint density at radius 3 is 2.22 bits per heavy atom. The number of carbonyl (C=O) groups excluding carboxylic acids is 2. The lowest BCUT2D eigenvalue weighted by molar-refractivity contribution is -0.149. The second-order valence-electron chi connectivity index (χ2n) is 6.43. The van der Waals surface area contributed by atoms with E-state index in [1.807, 2.05) is 48.5 Å². The summed E-state index contributed by atoms with van der Waals surface area (Å²) in [5.41, 5.74) is 3.10. The van der Waals surface area contributed by atoms with Crippen molar-refractivity contribution in [2.45, 2.75) is 39.5 Å². The zero-order chi connectivity index (χ0) is 19.6. The molecular weight excluding hydrogens is 342 g/mol. The van der Waals surface area contributed by atoms with Crippen molar-refractivity contribution < 1.29 is 19.1 Å². The second-order valence-corrected chi connectivity index (χ2v) is 6.43. The Hall–Kier alpha value is -2.82. The molecule has 0 aromatic heterocycles. The number of rotatable bonds is 9. The molecule has 1 atom stereocenters. The van der Waals surface area contributed by atoms with E-state index in [1.54, 1.807) is 0 Å². The Labute approximate surface area is 160 Å². The summed E-state index contributed by atoms with van der Waals surface area (Å²) < 4.78 is 10.3. The van der Waals surface area contributed by atoms with Crippen LogP contribution in [0.4, 0.5) is 5.69 Å². The van der Waals surface area contributed by atoms with Crippen LogP contribution in [0.5, 0.6) is 5.75 Å². The smallest absolute Gasteiger partial charge is 0.344 e. The Bertz CT molecular complexity index is 738. The molecule has 144 valence electrons. The molecule has 0 saturated carbocycles. The SMILES string of the molecule is CCc1ccc(OCC(=O)OCC(=O)Nc2ccc([C@@H](C)CC)cc2)cc1. The third kappa shape index (κ3) is 6.77. The van der Waals surface area contributed by atoms with E-state index in [2.05, 4.69) is 26.1 Å². The van der Waals surface area contributed by atoms with E-state index in [4.69, 9.17) is 9.47 Å². The zero-order valence-corrected chi connectivity index (χ0v) is 16.2. The van der Waals surface area contributed by atoms with Gasteiger partial charge < -0.3 is 14.8 Å². The summed E-state index contributed by atoms with van der Waals surface area (Å²) in [7, 11) is 0. The minimum atomic E-state index is -0.586. The Kier molecular flexibility index (Phi) is 7.86. The van der Waals surface area contributed by atoms with Crippen LogP contribution in [0.15, 0.2) is 48.5 Å². The first-order valence-electron chi connectivity index (χ1n) is 9.29. The molecule has 0 heterocycles. The lowest BCUT2D eigenvalue weighted by Gasteiger charge is -2.11. The van der Waals surface area contributed by atoms with Crippen molar-refractivity contribution in [1.82, 2.24) is 0 Å². The van der Waals surface area contributed by atoms with Crippen LogP contribution >= 0.6 is 0 Å². The first-order chi connectivity index (χ1) is 13.0. The maximum atomic E-state index is 11.9. The summed E-state index contributed by atoms with van der Waals surface area (Å²) in [5.74, 6) is 0.104. The van der Waals surface area contributed by atoms with Crippen LogP contribution in [0.25, 0.3) is 0 Å². The van der Waals surface area contributed by atoms with Gasteiger partial charge in [-0.3, -0.25) is 4.79 Å². The highest BCUT2D eigenvalue weighted by Gasteiger charge is 2.09. The fourth-order valence-electron chi connectivity index (χ4n) is 2.48. The summed E-state index contributed by atoms with van der Waals surface area (Å²) in [6.45, 7) is 5.79. The number of nitrogens with one attached hydrogen (secondary N) is 1. The van der Waals surface area contributed by atoms with Crippen molar-refractivity contribution in [3.05, 3.63) is 59.7 Å². The quantitative estimate of drug-likeness (QED) is 0.669. The molecule has 0 unspecified atom stereocenters. The standard InChI is InChI=1S/C22H27NO4/c1-4-16(3)18-8-10-19(11-9-18)23-21(24)14-27-22(25)15-26-20-12-6-17(5-2)7-13-20/h6-13,16H,4-5,14-15H2,1-3H3,(H,23,24)/t16-/m0/s1. The number of amides is 1. The van der Waals surface area contributed by atoms with Crippen molar-refractivity contribution in [3.63, 3.8) is 0 Å². The van der Waals surface area contributed by atoms with Crippen molar-refractivity contribution in [2.75, 3.05) is 18.5 Å². The predicted octanol–water partition coefficient (Wildman–Crippen LogP) is 4.32. The number of hydrogen-bond acceptors (Lipinski definition) is 4. The second kappa shape index (κ2) is 10.4. The molecule has 1 amide bonds. The van der Waals surface area contributed by atoms with E-state index in [9.17, 15) is 9.59 Å². The molecule has 0 aliphatic heterocycles. The number of benzene rings is 2. The average molecular weight is 369 g/mol. The highest BCUT2D eigenvalue weighted by Crippen LogP contribution is 2.20. The van der Waals surface area contributed by atoms with Gasteiger partial charge in [0, 0.05) is 5.69 Å².